The first-order valence-electron chi connectivity index (χ1n) is 7.22. The lowest BCUT2D eigenvalue weighted by Gasteiger charge is -2.09. The zero-order valence-electron chi connectivity index (χ0n) is 12.6. The maximum atomic E-state index is 12.9. The Morgan fingerprint density at radius 3 is 2.62 bits per heavy atom. The van der Waals surface area contributed by atoms with E-state index < -0.39 is 11.9 Å². The van der Waals surface area contributed by atoms with Crippen LogP contribution in [0.2, 0.25) is 5.02 Å². The molecule has 0 saturated heterocycles. The minimum Gasteiger partial charge on any atom is -0.481 e. The molecule has 0 aliphatic carbocycles. The molecule has 0 radical (unpaired) electrons. The summed E-state index contributed by atoms with van der Waals surface area (Å²) in [6, 6.07) is 12.1. The number of carboxylic acids is 1. The van der Waals surface area contributed by atoms with Gasteiger partial charge in [-0.15, -0.1) is 0 Å². The largest absolute Gasteiger partial charge is 0.481 e. The number of H-pyrrole nitrogens is 1. The Labute approximate surface area is 151 Å². The number of fused-ring (bicyclic) bond motifs is 1. The van der Waals surface area contributed by atoms with Gasteiger partial charge in [0.2, 0.25) is 5.78 Å². The highest BCUT2D eigenvalue weighted by molar-refractivity contribution is 9.10. The van der Waals surface area contributed by atoms with E-state index in [4.69, 9.17) is 11.6 Å². The van der Waals surface area contributed by atoms with E-state index in [1.165, 1.54) is 0 Å². The smallest absolute Gasteiger partial charge is 0.310 e. The number of carbonyl (C=O) groups excluding carboxylic acids is 1. The van der Waals surface area contributed by atoms with Gasteiger partial charge in [-0.1, -0.05) is 45.7 Å². The summed E-state index contributed by atoms with van der Waals surface area (Å²) < 4.78 is 0.778. The van der Waals surface area contributed by atoms with Crippen LogP contribution in [-0.2, 0) is 4.79 Å². The minimum atomic E-state index is -0.992. The Morgan fingerprint density at radius 2 is 1.96 bits per heavy atom. The fourth-order valence-electron chi connectivity index (χ4n) is 2.72. The van der Waals surface area contributed by atoms with Crippen LogP contribution in [-0.4, -0.2) is 21.8 Å². The van der Waals surface area contributed by atoms with Gasteiger partial charge in [-0.25, -0.2) is 0 Å². The van der Waals surface area contributed by atoms with Crippen molar-refractivity contribution in [3.63, 3.8) is 0 Å². The number of ketones is 1. The Kier molecular flexibility index (Phi) is 4.47. The standard InChI is InChI=1S/C18H13BrClNO3/c1-9(18(23)24)15-13-6-5-12(20)8-14(13)21-16(15)17(22)10-3-2-4-11(19)7-10/h2-9,21H,1H3,(H,23,24). The maximum Gasteiger partial charge on any atom is 0.310 e. The van der Waals surface area contributed by atoms with Gasteiger partial charge in [0.25, 0.3) is 0 Å². The van der Waals surface area contributed by atoms with Crippen molar-refractivity contribution in [3.8, 4) is 0 Å². The lowest BCUT2D eigenvalue weighted by Crippen LogP contribution is -2.12. The molecule has 1 atom stereocenters. The van der Waals surface area contributed by atoms with Crippen molar-refractivity contribution < 1.29 is 14.7 Å². The number of hydrogen-bond acceptors (Lipinski definition) is 2. The molecule has 0 aliphatic heterocycles. The van der Waals surface area contributed by atoms with Gasteiger partial charge in [0, 0.05) is 31.5 Å². The molecular weight excluding hydrogens is 394 g/mol. The highest BCUT2D eigenvalue weighted by atomic mass is 79.9. The highest BCUT2D eigenvalue weighted by Gasteiger charge is 2.26. The van der Waals surface area contributed by atoms with Crippen molar-refractivity contribution in [1.82, 2.24) is 4.98 Å². The Morgan fingerprint density at radius 1 is 1.21 bits per heavy atom. The van der Waals surface area contributed by atoms with Crippen LogP contribution in [0.5, 0.6) is 0 Å². The second-order valence-electron chi connectivity index (χ2n) is 5.50. The van der Waals surface area contributed by atoms with E-state index in [-0.39, 0.29) is 11.5 Å². The molecule has 0 spiro atoms. The van der Waals surface area contributed by atoms with E-state index in [1.807, 2.05) is 6.07 Å². The van der Waals surface area contributed by atoms with Gasteiger partial charge < -0.3 is 10.1 Å². The molecule has 0 saturated carbocycles. The predicted octanol–water partition coefficient (Wildman–Crippen LogP) is 5.00. The van der Waals surface area contributed by atoms with Crippen LogP contribution in [0.15, 0.2) is 46.9 Å². The van der Waals surface area contributed by atoms with Crippen LogP contribution >= 0.6 is 27.5 Å². The van der Waals surface area contributed by atoms with Crippen LogP contribution in [0.4, 0.5) is 0 Å². The molecule has 6 heteroatoms. The zero-order chi connectivity index (χ0) is 17.4. The first kappa shape index (κ1) is 16.7. The first-order valence-corrected chi connectivity index (χ1v) is 8.39. The lowest BCUT2D eigenvalue weighted by molar-refractivity contribution is -0.138. The third-order valence-electron chi connectivity index (χ3n) is 3.92. The van der Waals surface area contributed by atoms with E-state index >= 15 is 0 Å². The van der Waals surface area contributed by atoms with Gasteiger partial charge in [0.1, 0.15) is 0 Å². The van der Waals surface area contributed by atoms with Crippen LogP contribution < -0.4 is 0 Å². The monoisotopic (exact) mass is 405 g/mol. The molecule has 0 aliphatic rings. The molecule has 24 heavy (non-hydrogen) atoms. The molecule has 0 amide bonds. The molecule has 3 rings (SSSR count). The third kappa shape index (κ3) is 2.97. The van der Waals surface area contributed by atoms with Gasteiger partial charge in [-0.3, -0.25) is 9.59 Å². The molecule has 1 aromatic heterocycles. The summed E-state index contributed by atoms with van der Waals surface area (Å²) >= 11 is 9.36. The Bertz CT molecular complexity index is 964. The summed E-state index contributed by atoms with van der Waals surface area (Å²) in [4.78, 5) is 27.5. The second-order valence-corrected chi connectivity index (χ2v) is 6.86. The van der Waals surface area contributed by atoms with Gasteiger partial charge in [0.05, 0.1) is 11.6 Å². The molecule has 0 bridgehead atoms. The number of nitrogens with one attached hydrogen (secondary N) is 1. The van der Waals surface area contributed by atoms with Crippen molar-refractivity contribution in [2.45, 2.75) is 12.8 Å². The molecule has 2 aromatic carbocycles. The molecule has 4 nitrogen and oxygen atoms in total. The normalized spacial score (nSPS) is 12.3. The van der Waals surface area contributed by atoms with Crippen LogP contribution in [0.25, 0.3) is 10.9 Å². The van der Waals surface area contributed by atoms with Gasteiger partial charge in [-0.05, 0) is 31.2 Å². The predicted molar refractivity (Wildman–Crippen MR) is 96.9 cm³/mol. The molecule has 2 N–H and O–H groups in total. The minimum absolute atomic E-state index is 0.258. The molecule has 0 fully saturated rings. The number of halogens is 2. The average molecular weight is 407 g/mol. The van der Waals surface area contributed by atoms with E-state index in [9.17, 15) is 14.7 Å². The molecule has 1 heterocycles. The summed E-state index contributed by atoms with van der Waals surface area (Å²) in [5, 5.41) is 10.6. The van der Waals surface area contributed by atoms with E-state index in [2.05, 4.69) is 20.9 Å². The molecule has 3 aromatic rings. The van der Waals surface area contributed by atoms with Crippen LogP contribution in [0.3, 0.4) is 0 Å². The fourth-order valence-corrected chi connectivity index (χ4v) is 3.29. The van der Waals surface area contributed by atoms with Crippen molar-refractivity contribution in [2.24, 2.45) is 0 Å². The number of rotatable bonds is 4. The quantitative estimate of drug-likeness (QED) is 0.599. The van der Waals surface area contributed by atoms with Gasteiger partial charge in [0.15, 0.2) is 0 Å². The van der Waals surface area contributed by atoms with Crippen molar-refractivity contribution >= 4 is 50.2 Å². The summed E-state index contributed by atoms with van der Waals surface area (Å²) in [7, 11) is 0. The summed E-state index contributed by atoms with van der Waals surface area (Å²) in [6.45, 7) is 1.57. The zero-order valence-corrected chi connectivity index (χ0v) is 15.0. The van der Waals surface area contributed by atoms with Crippen molar-refractivity contribution in [1.29, 1.82) is 0 Å². The summed E-state index contributed by atoms with van der Waals surface area (Å²) in [5.41, 5.74) is 1.87. The summed E-state index contributed by atoms with van der Waals surface area (Å²) in [6.07, 6.45) is 0. The van der Waals surface area contributed by atoms with E-state index in [0.29, 0.717) is 27.1 Å². The van der Waals surface area contributed by atoms with Crippen LogP contribution in [0.1, 0.15) is 34.5 Å². The average Bonchev–Trinajstić information content (AvgIpc) is 2.91. The Balaban J connectivity index is 2.24. The first-order chi connectivity index (χ1) is 11.4. The number of aromatic nitrogens is 1. The number of carboxylic acid groups (broad SMARTS) is 1. The third-order valence-corrected chi connectivity index (χ3v) is 4.65. The maximum absolute atomic E-state index is 12.9. The van der Waals surface area contributed by atoms with Crippen molar-refractivity contribution in [2.75, 3.05) is 0 Å². The molecular formula is C18H13BrClNO3. The number of hydrogen-bond donors (Lipinski definition) is 2. The van der Waals surface area contributed by atoms with Crippen LogP contribution in [0, 0.1) is 0 Å². The van der Waals surface area contributed by atoms with E-state index in [0.717, 1.165) is 4.47 Å². The number of aliphatic carboxylic acids is 1. The number of carbonyl (C=O) groups is 2. The Hall–Kier alpha value is -2.11. The SMILES string of the molecule is CC(C(=O)O)c1c(C(=O)c2cccc(Br)c2)[nH]c2cc(Cl)ccc12. The van der Waals surface area contributed by atoms with Gasteiger partial charge in [-0.2, -0.15) is 0 Å². The topological polar surface area (TPSA) is 70.2 Å². The molecule has 1 unspecified atom stereocenters. The van der Waals surface area contributed by atoms with E-state index in [1.54, 1.807) is 43.3 Å². The van der Waals surface area contributed by atoms with Gasteiger partial charge >= 0.3 is 5.97 Å². The highest BCUT2D eigenvalue weighted by Crippen LogP contribution is 2.32. The second kappa shape index (κ2) is 6.42. The molecule has 122 valence electrons. The summed E-state index contributed by atoms with van der Waals surface area (Å²) in [5.74, 6) is -2.08. The number of benzene rings is 2. The number of aromatic amines is 1. The van der Waals surface area contributed by atoms with Crippen molar-refractivity contribution in [3.05, 3.63) is 68.8 Å². The fraction of sp³-hybridized carbons (Fsp3) is 0.111. The lowest BCUT2D eigenvalue weighted by atomic mass is 9.94.